The largest absolute Gasteiger partial charge is 0.494 e. The summed E-state index contributed by atoms with van der Waals surface area (Å²) >= 11 is 0. The van der Waals surface area contributed by atoms with Crippen LogP contribution in [-0.2, 0) is 0 Å². The predicted octanol–water partition coefficient (Wildman–Crippen LogP) is 4.66. The van der Waals surface area contributed by atoms with Gasteiger partial charge in [0.15, 0.2) is 0 Å². The van der Waals surface area contributed by atoms with Crippen LogP contribution in [0.15, 0.2) is 54.6 Å². The van der Waals surface area contributed by atoms with Crippen LogP contribution in [0.4, 0.5) is 5.69 Å². The highest BCUT2D eigenvalue weighted by molar-refractivity contribution is 5.92. The molecule has 0 atom stereocenters. The molecule has 3 rings (SSSR count). The maximum Gasteiger partial charge on any atom is 0.119 e. The van der Waals surface area contributed by atoms with E-state index >= 15 is 0 Å². The number of rotatable bonds is 5. The average Bonchev–Trinajstić information content (AvgIpc) is 2.56. The Labute approximate surface area is 130 Å². The van der Waals surface area contributed by atoms with E-state index in [9.17, 15) is 0 Å². The highest BCUT2D eigenvalue weighted by atomic mass is 16.5. The van der Waals surface area contributed by atoms with Gasteiger partial charge in [-0.3, -0.25) is 0 Å². The molecule has 0 fully saturated rings. The minimum absolute atomic E-state index is 0.754. The molecule has 1 aromatic heterocycles. The lowest BCUT2D eigenvalue weighted by Gasteiger charge is -2.08. The number of benzene rings is 2. The highest BCUT2D eigenvalue weighted by Gasteiger charge is 2.05. The smallest absolute Gasteiger partial charge is 0.119 e. The van der Waals surface area contributed by atoms with Crippen molar-refractivity contribution in [2.45, 2.75) is 19.8 Å². The van der Waals surface area contributed by atoms with Gasteiger partial charge in [-0.1, -0.05) is 31.5 Å². The summed E-state index contributed by atoms with van der Waals surface area (Å²) in [5, 5.41) is 0.991. The summed E-state index contributed by atoms with van der Waals surface area (Å²) in [6, 6.07) is 17.9. The van der Waals surface area contributed by atoms with Gasteiger partial charge in [0.2, 0.25) is 0 Å². The molecule has 0 unspecified atom stereocenters. The maximum absolute atomic E-state index is 6.14. The Bertz CT molecular complexity index is 766. The van der Waals surface area contributed by atoms with Crippen molar-refractivity contribution >= 4 is 16.6 Å². The summed E-state index contributed by atoms with van der Waals surface area (Å²) in [7, 11) is 0. The standard InChI is InChI=1S/C19H20N2O/c1-2-3-12-22-15-10-8-14(9-11-15)19-13-17(20)16-6-4-5-7-18(16)21-19/h4-11,13H,2-3,12H2,1H3,(H2,20,21). The number of hydrogen-bond donors (Lipinski definition) is 1. The molecule has 0 saturated carbocycles. The molecule has 0 aliphatic heterocycles. The van der Waals surface area contributed by atoms with Gasteiger partial charge >= 0.3 is 0 Å². The van der Waals surface area contributed by atoms with Crippen LogP contribution in [0.2, 0.25) is 0 Å². The number of nitrogen functional groups attached to an aromatic ring is 1. The molecule has 3 aromatic rings. The number of nitrogens with zero attached hydrogens (tertiary/aromatic N) is 1. The zero-order chi connectivity index (χ0) is 15.4. The number of pyridine rings is 1. The second kappa shape index (κ2) is 6.48. The molecule has 22 heavy (non-hydrogen) atoms. The second-order valence-electron chi connectivity index (χ2n) is 5.34. The fourth-order valence-corrected chi connectivity index (χ4v) is 2.41. The molecule has 0 aliphatic carbocycles. The van der Waals surface area contributed by atoms with Gasteiger partial charge in [0.1, 0.15) is 5.75 Å². The first-order valence-electron chi connectivity index (χ1n) is 7.66. The lowest BCUT2D eigenvalue weighted by atomic mass is 10.1. The van der Waals surface area contributed by atoms with Crippen molar-refractivity contribution in [1.82, 2.24) is 4.98 Å². The van der Waals surface area contributed by atoms with E-state index in [-0.39, 0.29) is 0 Å². The van der Waals surface area contributed by atoms with Crippen molar-refractivity contribution < 1.29 is 4.74 Å². The van der Waals surface area contributed by atoms with E-state index in [1.165, 1.54) is 0 Å². The van der Waals surface area contributed by atoms with E-state index in [4.69, 9.17) is 15.5 Å². The quantitative estimate of drug-likeness (QED) is 0.695. The predicted molar refractivity (Wildman–Crippen MR) is 92.0 cm³/mol. The topological polar surface area (TPSA) is 48.1 Å². The molecule has 3 nitrogen and oxygen atoms in total. The number of para-hydroxylation sites is 1. The average molecular weight is 292 g/mol. The van der Waals surface area contributed by atoms with E-state index in [0.717, 1.165) is 53.0 Å². The molecular formula is C19H20N2O. The number of anilines is 1. The van der Waals surface area contributed by atoms with Gasteiger partial charge in [0.05, 0.1) is 17.8 Å². The third-order valence-electron chi connectivity index (χ3n) is 3.66. The van der Waals surface area contributed by atoms with Crippen LogP contribution in [0.5, 0.6) is 5.75 Å². The van der Waals surface area contributed by atoms with E-state index < -0.39 is 0 Å². The van der Waals surface area contributed by atoms with E-state index in [2.05, 4.69) is 6.92 Å². The third-order valence-corrected chi connectivity index (χ3v) is 3.66. The Hall–Kier alpha value is -2.55. The van der Waals surface area contributed by atoms with Gasteiger partial charge in [0, 0.05) is 16.6 Å². The Kier molecular flexibility index (Phi) is 4.24. The van der Waals surface area contributed by atoms with Crippen LogP contribution in [0.25, 0.3) is 22.2 Å². The fourth-order valence-electron chi connectivity index (χ4n) is 2.41. The first-order chi connectivity index (χ1) is 10.8. The van der Waals surface area contributed by atoms with E-state index in [1.54, 1.807) is 0 Å². The van der Waals surface area contributed by atoms with Crippen molar-refractivity contribution in [3.63, 3.8) is 0 Å². The van der Waals surface area contributed by atoms with Crippen molar-refractivity contribution in [2.75, 3.05) is 12.3 Å². The maximum atomic E-state index is 6.14. The van der Waals surface area contributed by atoms with E-state index in [0.29, 0.717) is 0 Å². The molecule has 112 valence electrons. The summed E-state index contributed by atoms with van der Waals surface area (Å²) in [5.41, 5.74) is 9.74. The molecule has 0 saturated heterocycles. The summed E-state index contributed by atoms with van der Waals surface area (Å²) in [6.45, 7) is 2.92. The summed E-state index contributed by atoms with van der Waals surface area (Å²) in [4.78, 5) is 4.69. The fraction of sp³-hybridized carbons (Fsp3) is 0.211. The number of aromatic nitrogens is 1. The lowest BCUT2D eigenvalue weighted by Crippen LogP contribution is -1.96. The van der Waals surface area contributed by atoms with Crippen molar-refractivity contribution in [3.05, 3.63) is 54.6 Å². The number of unbranched alkanes of at least 4 members (excludes halogenated alkanes) is 1. The minimum Gasteiger partial charge on any atom is -0.494 e. The molecular weight excluding hydrogens is 272 g/mol. The molecule has 0 aliphatic rings. The highest BCUT2D eigenvalue weighted by Crippen LogP contribution is 2.27. The van der Waals surface area contributed by atoms with Crippen LogP contribution in [0, 0.1) is 0 Å². The van der Waals surface area contributed by atoms with Gasteiger partial charge in [-0.25, -0.2) is 4.98 Å². The Balaban J connectivity index is 1.87. The number of ether oxygens (including phenoxy) is 1. The number of nitrogens with two attached hydrogens (primary N) is 1. The first kappa shape index (κ1) is 14.4. The summed E-state index contributed by atoms with van der Waals surface area (Å²) in [6.07, 6.45) is 2.21. The number of hydrogen-bond acceptors (Lipinski definition) is 3. The van der Waals surface area contributed by atoms with Gasteiger partial charge < -0.3 is 10.5 Å². The molecule has 1 heterocycles. The third kappa shape index (κ3) is 3.03. The van der Waals surface area contributed by atoms with Gasteiger partial charge in [-0.05, 0) is 42.8 Å². The van der Waals surface area contributed by atoms with Crippen LogP contribution >= 0.6 is 0 Å². The molecule has 0 amide bonds. The second-order valence-corrected chi connectivity index (χ2v) is 5.34. The SMILES string of the molecule is CCCCOc1ccc(-c2cc(N)c3ccccc3n2)cc1. The summed E-state index contributed by atoms with van der Waals surface area (Å²) < 4.78 is 5.69. The van der Waals surface area contributed by atoms with Crippen molar-refractivity contribution in [3.8, 4) is 17.0 Å². The Morgan fingerprint density at radius 3 is 2.59 bits per heavy atom. The molecule has 2 N–H and O–H groups in total. The number of fused-ring (bicyclic) bond motifs is 1. The lowest BCUT2D eigenvalue weighted by molar-refractivity contribution is 0.309. The van der Waals surface area contributed by atoms with Crippen LogP contribution in [0.3, 0.4) is 0 Å². The zero-order valence-corrected chi connectivity index (χ0v) is 12.8. The molecule has 2 aromatic carbocycles. The van der Waals surface area contributed by atoms with Gasteiger partial charge in [0.25, 0.3) is 0 Å². The summed E-state index contributed by atoms with van der Waals surface area (Å²) in [5.74, 6) is 0.894. The Morgan fingerprint density at radius 1 is 1.05 bits per heavy atom. The van der Waals surface area contributed by atoms with Gasteiger partial charge in [-0.2, -0.15) is 0 Å². The van der Waals surface area contributed by atoms with Crippen molar-refractivity contribution in [2.24, 2.45) is 0 Å². The molecule has 3 heteroatoms. The van der Waals surface area contributed by atoms with Crippen LogP contribution < -0.4 is 10.5 Å². The molecule has 0 spiro atoms. The minimum atomic E-state index is 0.754. The monoisotopic (exact) mass is 292 g/mol. The molecule has 0 radical (unpaired) electrons. The van der Waals surface area contributed by atoms with E-state index in [1.807, 2.05) is 54.6 Å². The van der Waals surface area contributed by atoms with Crippen molar-refractivity contribution in [1.29, 1.82) is 0 Å². The van der Waals surface area contributed by atoms with Crippen LogP contribution in [0.1, 0.15) is 19.8 Å². The Morgan fingerprint density at radius 2 is 1.82 bits per heavy atom. The van der Waals surface area contributed by atoms with Crippen LogP contribution in [-0.4, -0.2) is 11.6 Å². The zero-order valence-electron chi connectivity index (χ0n) is 12.8. The van der Waals surface area contributed by atoms with Gasteiger partial charge in [-0.15, -0.1) is 0 Å². The normalized spacial score (nSPS) is 10.8. The first-order valence-corrected chi connectivity index (χ1v) is 7.66. The molecule has 0 bridgehead atoms.